The van der Waals surface area contributed by atoms with Crippen LogP contribution in [0.4, 0.5) is 4.39 Å². The zero-order valence-electron chi connectivity index (χ0n) is 16.8. The molecular weight excluding hydrogens is 377 g/mol. The second-order valence-corrected chi connectivity index (χ2v) is 7.63. The average molecular weight is 403 g/mol. The van der Waals surface area contributed by atoms with Crippen LogP contribution in [0.2, 0.25) is 0 Å². The van der Waals surface area contributed by atoms with Crippen molar-refractivity contribution in [3.05, 3.63) is 46.8 Å². The Morgan fingerprint density at radius 1 is 1.41 bits per heavy atom. The summed E-state index contributed by atoms with van der Waals surface area (Å²) in [7, 11) is 1.40. The van der Waals surface area contributed by atoms with Gasteiger partial charge in [0.1, 0.15) is 11.4 Å². The predicted octanol–water partition coefficient (Wildman–Crippen LogP) is 1.05. The fourth-order valence-electron chi connectivity index (χ4n) is 4.05. The summed E-state index contributed by atoms with van der Waals surface area (Å²) in [6.45, 7) is 4.07. The van der Waals surface area contributed by atoms with E-state index in [2.05, 4.69) is 5.32 Å². The van der Waals surface area contributed by atoms with E-state index in [4.69, 9.17) is 10.5 Å². The molecule has 3 unspecified atom stereocenters. The molecule has 0 saturated heterocycles. The highest BCUT2D eigenvalue weighted by atomic mass is 19.1. The summed E-state index contributed by atoms with van der Waals surface area (Å²) in [6.07, 6.45) is 1.83. The summed E-state index contributed by atoms with van der Waals surface area (Å²) < 4.78 is 19.9. The van der Waals surface area contributed by atoms with Gasteiger partial charge in [-0.1, -0.05) is 17.7 Å². The van der Waals surface area contributed by atoms with Crippen molar-refractivity contribution in [3.63, 3.8) is 0 Å². The molecule has 1 heterocycles. The van der Waals surface area contributed by atoms with E-state index in [1.54, 1.807) is 12.1 Å². The zero-order valence-corrected chi connectivity index (χ0v) is 16.8. The van der Waals surface area contributed by atoms with E-state index in [1.165, 1.54) is 24.1 Å². The number of rotatable bonds is 7. The number of carbonyl (C=O) groups is 3. The Labute approximate surface area is 169 Å². The number of nitrogens with zero attached hydrogens (tertiary/aromatic N) is 1. The minimum absolute atomic E-state index is 0.0245. The van der Waals surface area contributed by atoms with Crippen LogP contribution in [-0.4, -0.2) is 48.9 Å². The molecule has 0 spiro atoms. The van der Waals surface area contributed by atoms with Crippen LogP contribution in [-0.2, 0) is 25.7 Å². The number of halogens is 1. The molecular formula is C21H26FN3O4. The number of aryl methyl sites for hydroxylation is 1. The van der Waals surface area contributed by atoms with Gasteiger partial charge in [-0.05, 0) is 32.4 Å². The van der Waals surface area contributed by atoms with Gasteiger partial charge in [-0.3, -0.25) is 14.4 Å². The van der Waals surface area contributed by atoms with Crippen molar-refractivity contribution in [3.8, 4) is 0 Å². The van der Waals surface area contributed by atoms with Crippen LogP contribution in [0.15, 0.2) is 29.8 Å². The van der Waals surface area contributed by atoms with Crippen molar-refractivity contribution in [2.75, 3.05) is 20.2 Å². The Hall–Kier alpha value is -2.74. The second-order valence-electron chi connectivity index (χ2n) is 7.63. The Morgan fingerprint density at radius 2 is 2.14 bits per heavy atom. The first-order chi connectivity index (χ1) is 13.7. The highest BCUT2D eigenvalue weighted by Gasteiger charge is 2.59. The topological polar surface area (TPSA) is 102 Å². The highest BCUT2D eigenvalue weighted by Crippen LogP contribution is 2.51. The van der Waals surface area contributed by atoms with Gasteiger partial charge in [-0.15, -0.1) is 0 Å². The molecule has 1 aliphatic carbocycles. The van der Waals surface area contributed by atoms with Crippen molar-refractivity contribution >= 4 is 17.7 Å². The minimum Gasteiger partial charge on any atom is -0.378 e. The lowest BCUT2D eigenvalue weighted by atomic mass is 9.76. The van der Waals surface area contributed by atoms with Gasteiger partial charge in [0.25, 0.3) is 11.8 Å². The maximum absolute atomic E-state index is 14.3. The third kappa shape index (κ3) is 3.89. The van der Waals surface area contributed by atoms with Crippen molar-refractivity contribution in [2.45, 2.75) is 32.9 Å². The van der Waals surface area contributed by atoms with Gasteiger partial charge in [0.2, 0.25) is 5.91 Å². The Balaban J connectivity index is 2.02. The molecule has 3 N–H and O–H groups in total. The maximum atomic E-state index is 14.3. The third-order valence-electron chi connectivity index (χ3n) is 5.64. The normalized spacial score (nSPS) is 26.1. The Kier molecular flexibility index (Phi) is 5.75. The number of carbonyl (C=O) groups excluding carboxylic acids is 3. The average Bonchev–Trinajstić information content (AvgIpc) is 3.45. The Bertz CT molecular complexity index is 885. The number of hydrogen-bond acceptors (Lipinski definition) is 4. The number of likely N-dealkylation sites (N-methyl/N-ethyl adjacent to an activating group) is 1. The fraction of sp³-hybridized carbons (Fsp3) is 0.476. The van der Waals surface area contributed by atoms with Crippen LogP contribution >= 0.6 is 0 Å². The molecule has 1 saturated carbocycles. The summed E-state index contributed by atoms with van der Waals surface area (Å²) in [5, 5.41) is 2.43. The number of hydrogen-bond donors (Lipinski definition) is 2. The first-order valence-electron chi connectivity index (χ1n) is 9.64. The van der Waals surface area contributed by atoms with E-state index in [0.29, 0.717) is 18.6 Å². The van der Waals surface area contributed by atoms with Crippen LogP contribution in [0.3, 0.4) is 0 Å². The van der Waals surface area contributed by atoms with E-state index in [0.717, 1.165) is 5.56 Å². The summed E-state index contributed by atoms with van der Waals surface area (Å²) >= 11 is 0. The zero-order chi connectivity index (χ0) is 21.3. The summed E-state index contributed by atoms with van der Waals surface area (Å²) in [5.74, 6) is -2.49. The maximum Gasteiger partial charge on any atom is 0.259 e. The minimum atomic E-state index is -1.24. The number of benzene rings is 1. The van der Waals surface area contributed by atoms with Crippen LogP contribution < -0.4 is 11.1 Å². The third-order valence-corrected chi connectivity index (χ3v) is 5.64. The summed E-state index contributed by atoms with van der Waals surface area (Å²) in [6, 6.07) is 4.62. The van der Waals surface area contributed by atoms with Crippen molar-refractivity contribution in [2.24, 2.45) is 17.1 Å². The molecule has 1 aromatic rings. The fourth-order valence-corrected chi connectivity index (χ4v) is 4.05. The summed E-state index contributed by atoms with van der Waals surface area (Å²) in [5.41, 5.74) is 5.53. The quantitative estimate of drug-likeness (QED) is 0.665. The number of amides is 3. The van der Waals surface area contributed by atoms with E-state index in [1.807, 2.05) is 13.8 Å². The van der Waals surface area contributed by atoms with Gasteiger partial charge in [-0.2, -0.15) is 0 Å². The van der Waals surface area contributed by atoms with Gasteiger partial charge >= 0.3 is 0 Å². The van der Waals surface area contributed by atoms with E-state index in [9.17, 15) is 18.8 Å². The molecule has 156 valence electrons. The predicted molar refractivity (Wildman–Crippen MR) is 104 cm³/mol. The molecule has 2 aliphatic rings. The molecule has 1 fully saturated rings. The standard InChI is InChI=1S/C21H26FN3O4/c1-4-29-17-8-15(17)21(20(23)28)9-14(18(26)24-3)19(27)25(11-21)10-13-7-12(2)5-6-16(13)22/h5-7,9,15,17H,4,8,10-11H2,1-3H3,(H2,23,28)(H,24,26). The molecule has 1 aromatic carbocycles. The molecule has 1 aliphatic heterocycles. The van der Waals surface area contributed by atoms with Crippen molar-refractivity contribution < 1.29 is 23.5 Å². The largest absolute Gasteiger partial charge is 0.378 e. The van der Waals surface area contributed by atoms with Crippen LogP contribution in [0, 0.1) is 24.1 Å². The molecule has 3 amide bonds. The SMILES string of the molecule is CCOC1CC1C1(C(N)=O)C=C(C(=O)NC)C(=O)N(Cc2cc(C)ccc2F)C1. The van der Waals surface area contributed by atoms with E-state index in [-0.39, 0.29) is 30.7 Å². The van der Waals surface area contributed by atoms with Crippen molar-refractivity contribution in [1.82, 2.24) is 10.2 Å². The lowest BCUT2D eigenvalue weighted by molar-refractivity contribution is -0.137. The molecule has 7 nitrogen and oxygen atoms in total. The molecule has 29 heavy (non-hydrogen) atoms. The second kappa shape index (κ2) is 7.94. The molecule has 0 bridgehead atoms. The van der Waals surface area contributed by atoms with Gasteiger partial charge in [0, 0.05) is 38.2 Å². The first-order valence-corrected chi connectivity index (χ1v) is 9.64. The van der Waals surface area contributed by atoms with Gasteiger partial charge in [-0.25, -0.2) is 4.39 Å². The van der Waals surface area contributed by atoms with Gasteiger partial charge in [0.15, 0.2) is 0 Å². The summed E-state index contributed by atoms with van der Waals surface area (Å²) in [4.78, 5) is 39.2. The molecule has 0 radical (unpaired) electrons. The number of primary amides is 1. The molecule has 0 aromatic heterocycles. The van der Waals surface area contributed by atoms with Gasteiger partial charge < -0.3 is 20.7 Å². The number of nitrogens with one attached hydrogen (secondary N) is 1. The number of nitrogens with two attached hydrogens (primary N) is 1. The monoisotopic (exact) mass is 403 g/mol. The molecule has 3 atom stereocenters. The van der Waals surface area contributed by atoms with Crippen LogP contribution in [0.5, 0.6) is 0 Å². The number of ether oxygens (including phenoxy) is 1. The highest BCUT2D eigenvalue weighted by molar-refractivity contribution is 6.19. The Morgan fingerprint density at radius 3 is 2.76 bits per heavy atom. The van der Waals surface area contributed by atoms with Crippen molar-refractivity contribution in [1.29, 1.82) is 0 Å². The van der Waals surface area contributed by atoms with E-state index >= 15 is 0 Å². The van der Waals surface area contributed by atoms with Gasteiger partial charge in [0.05, 0.1) is 11.5 Å². The smallest absolute Gasteiger partial charge is 0.259 e. The lowest BCUT2D eigenvalue weighted by Crippen LogP contribution is -2.54. The molecule has 3 rings (SSSR count). The van der Waals surface area contributed by atoms with Crippen LogP contribution in [0.1, 0.15) is 24.5 Å². The molecule has 8 heteroatoms. The van der Waals surface area contributed by atoms with E-state index < -0.39 is 29.0 Å². The van der Waals surface area contributed by atoms with Crippen LogP contribution in [0.25, 0.3) is 0 Å². The first kappa shape index (κ1) is 21.0. The lowest BCUT2D eigenvalue weighted by Gasteiger charge is -2.39.